The molecule has 0 fully saturated rings. The van der Waals surface area contributed by atoms with E-state index >= 15 is 0 Å². The molecule has 0 aliphatic heterocycles. The summed E-state index contributed by atoms with van der Waals surface area (Å²) in [5.41, 5.74) is 2.34. The maximum Gasteiger partial charge on any atom is 0.262 e. The molecule has 0 bridgehead atoms. The average Bonchev–Trinajstić information content (AvgIpc) is 2.72. The molecular formula is C22H22ClN3O3S. The van der Waals surface area contributed by atoms with Gasteiger partial charge in [-0.05, 0) is 73.9 Å². The third-order valence-corrected chi connectivity index (χ3v) is 6.20. The number of aryl methyl sites for hydroxylation is 2. The number of amides is 1. The molecule has 0 spiro atoms. The molecule has 2 N–H and O–H groups in total. The van der Waals surface area contributed by atoms with Gasteiger partial charge in [0.25, 0.3) is 10.0 Å². The second-order valence-electron chi connectivity index (χ2n) is 6.82. The first kappa shape index (κ1) is 21.8. The Labute approximate surface area is 181 Å². The molecule has 2 aromatic carbocycles. The molecule has 0 aliphatic rings. The van der Waals surface area contributed by atoms with Crippen molar-refractivity contribution in [1.29, 1.82) is 0 Å². The van der Waals surface area contributed by atoms with E-state index in [-0.39, 0.29) is 10.8 Å². The lowest BCUT2D eigenvalue weighted by Gasteiger charge is -2.13. The molecule has 0 saturated heterocycles. The minimum atomic E-state index is -3.82. The van der Waals surface area contributed by atoms with Gasteiger partial charge in [-0.15, -0.1) is 0 Å². The Balaban J connectivity index is 1.65. The number of nitrogens with zero attached hydrogens (tertiary/aromatic N) is 1. The van der Waals surface area contributed by atoms with E-state index < -0.39 is 10.0 Å². The number of carbonyl (C=O) groups excluding carboxylic acids is 1. The molecule has 3 aromatic rings. The van der Waals surface area contributed by atoms with Crippen LogP contribution in [0.1, 0.15) is 24.1 Å². The average molecular weight is 444 g/mol. The third kappa shape index (κ3) is 6.05. The van der Waals surface area contributed by atoms with Crippen LogP contribution in [0.2, 0.25) is 5.02 Å². The topological polar surface area (TPSA) is 88.2 Å². The Morgan fingerprint density at radius 3 is 2.47 bits per heavy atom. The number of benzene rings is 2. The van der Waals surface area contributed by atoms with E-state index in [1.807, 2.05) is 18.2 Å². The van der Waals surface area contributed by atoms with Crippen molar-refractivity contribution in [3.05, 3.63) is 83.1 Å². The molecule has 1 amide bonds. The summed E-state index contributed by atoms with van der Waals surface area (Å²) in [7, 11) is -3.82. The summed E-state index contributed by atoms with van der Waals surface area (Å²) in [6.07, 6.45) is 3.39. The highest BCUT2D eigenvalue weighted by molar-refractivity contribution is 7.92. The lowest BCUT2D eigenvalue weighted by molar-refractivity contribution is -0.116. The van der Waals surface area contributed by atoms with Crippen LogP contribution in [0.15, 0.2) is 71.8 Å². The molecule has 6 nitrogen and oxygen atoms in total. The Hall–Kier alpha value is -2.90. The van der Waals surface area contributed by atoms with Gasteiger partial charge in [0, 0.05) is 34.7 Å². The molecule has 1 aromatic heterocycles. The van der Waals surface area contributed by atoms with Gasteiger partial charge in [0.15, 0.2) is 0 Å². The van der Waals surface area contributed by atoms with Crippen molar-refractivity contribution >= 4 is 38.9 Å². The largest absolute Gasteiger partial charge is 0.326 e. The summed E-state index contributed by atoms with van der Waals surface area (Å²) in [6.45, 7) is 1.70. The van der Waals surface area contributed by atoms with Crippen LogP contribution in [0.4, 0.5) is 11.4 Å². The molecule has 1 heterocycles. The number of halogens is 1. The maximum atomic E-state index is 12.8. The van der Waals surface area contributed by atoms with Crippen LogP contribution < -0.4 is 10.0 Å². The van der Waals surface area contributed by atoms with Crippen LogP contribution in [0, 0.1) is 6.92 Å². The number of anilines is 2. The summed E-state index contributed by atoms with van der Waals surface area (Å²) in [6, 6.07) is 16.9. The van der Waals surface area contributed by atoms with Gasteiger partial charge >= 0.3 is 0 Å². The SMILES string of the molecule is Cc1ccc(NC(=O)CCCc2ccccn2)cc1S(=O)(=O)Nc1ccc(Cl)cc1. The van der Waals surface area contributed by atoms with Gasteiger partial charge in [-0.3, -0.25) is 14.5 Å². The predicted octanol–water partition coefficient (Wildman–Crippen LogP) is 4.81. The summed E-state index contributed by atoms with van der Waals surface area (Å²) < 4.78 is 28.2. The van der Waals surface area contributed by atoms with Crippen molar-refractivity contribution in [3.63, 3.8) is 0 Å². The number of pyridine rings is 1. The number of nitrogens with one attached hydrogen (secondary N) is 2. The van der Waals surface area contributed by atoms with Gasteiger partial charge in [0.2, 0.25) is 5.91 Å². The van der Waals surface area contributed by atoms with Crippen molar-refractivity contribution in [2.24, 2.45) is 0 Å². The Morgan fingerprint density at radius 2 is 1.77 bits per heavy atom. The highest BCUT2D eigenvalue weighted by Gasteiger charge is 2.18. The van der Waals surface area contributed by atoms with Gasteiger partial charge < -0.3 is 5.32 Å². The third-order valence-electron chi connectivity index (χ3n) is 4.42. The Morgan fingerprint density at radius 1 is 1.03 bits per heavy atom. The van der Waals surface area contributed by atoms with Gasteiger partial charge in [-0.2, -0.15) is 0 Å². The number of hydrogen-bond donors (Lipinski definition) is 2. The summed E-state index contributed by atoms with van der Waals surface area (Å²) in [4.78, 5) is 16.6. The lowest BCUT2D eigenvalue weighted by Crippen LogP contribution is -2.16. The molecule has 8 heteroatoms. The van der Waals surface area contributed by atoms with Crippen molar-refractivity contribution < 1.29 is 13.2 Å². The lowest BCUT2D eigenvalue weighted by atomic mass is 10.1. The van der Waals surface area contributed by atoms with Gasteiger partial charge in [0.1, 0.15) is 0 Å². The van der Waals surface area contributed by atoms with E-state index in [1.165, 1.54) is 6.07 Å². The van der Waals surface area contributed by atoms with Crippen LogP contribution in [0.3, 0.4) is 0 Å². The van der Waals surface area contributed by atoms with E-state index in [9.17, 15) is 13.2 Å². The maximum absolute atomic E-state index is 12.8. The van der Waals surface area contributed by atoms with E-state index in [0.29, 0.717) is 41.2 Å². The second kappa shape index (κ2) is 9.73. The van der Waals surface area contributed by atoms with Crippen molar-refractivity contribution in [1.82, 2.24) is 4.98 Å². The fourth-order valence-corrected chi connectivity index (χ4v) is 4.35. The van der Waals surface area contributed by atoms with Gasteiger partial charge in [-0.25, -0.2) is 8.42 Å². The summed E-state index contributed by atoms with van der Waals surface area (Å²) in [5.74, 6) is -0.177. The van der Waals surface area contributed by atoms with Crippen LogP contribution in [0.5, 0.6) is 0 Å². The van der Waals surface area contributed by atoms with Gasteiger partial charge in [0.05, 0.1) is 4.90 Å². The van der Waals surface area contributed by atoms with Crippen LogP contribution in [-0.2, 0) is 21.2 Å². The summed E-state index contributed by atoms with van der Waals surface area (Å²) in [5, 5.41) is 3.29. The first-order chi connectivity index (χ1) is 14.3. The number of aromatic nitrogens is 1. The molecule has 3 rings (SSSR count). The zero-order chi connectivity index (χ0) is 21.6. The normalized spacial score (nSPS) is 11.1. The minimum Gasteiger partial charge on any atom is -0.326 e. The molecule has 0 saturated carbocycles. The molecule has 0 aliphatic carbocycles. The quantitative estimate of drug-likeness (QED) is 0.523. The number of carbonyl (C=O) groups is 1. The zero-order valence-electron chi connectivity index (χ0n) is 16.4. The number of hydrogen-bond acceptors (Lipinski definition) is 4. The van der Waals surface area contributed by atoms with E-state index in [4.69, 9.17) is 11.6 Å². The fourth-order valence-electron chi connectivity index (χ4n) is 2.89. The first-order valence-electron chi connectivity index (χ1n) is 9.42. The smallest absolute Gasteiger partial charge is 0.262 e. The summed E-state index contributed by atoms with van der Waals surface area (Å²) >= 11 is 5.84. The molecule has 0 radical (unpaired) electrons. The highest BCUT2D eigenvalue weighted by Crippen LogP contribution is 2.24. The van der Waals surface area contributed by atoms with E-state index in [2.05, 4.69) is 15.0 Å². The highest BCUT2D eigenvalue weighted by atomic mass is 35.5. The molecule has 156 valence electrons. The molecule has 30 heavy (non-hydrogen) atoms. The Kier molecular flexibility index (Phi) is 7.07. The molecular weight excluding hydrogens is 422 g/mol. The zero-order valence-corrected chi connectivity index (χ0v) is 18.0. The van der Waals surface area contributed by atoms with Crippen LogP contribution in [0.25, 0.3) is 0 Å². The van der Waals surface area contributed by atoms with Crippen LogP contribution in [-0.4, -0.2) is 19.3 Å². The van der Waals surface area contributed by atoms with E-state index in [1.54, 1.807) is 49.5 Å². The predicted molar refractivity (Wildman–Crippen MR) is 119 cm³/mol. The van der Waals surface area contributed by atoms with Crippen molar-refractivity contribution in [2.75, 3.05) is 10.0 Å². The number of sulfonamides is 1. The monoisotopic (exact) mass is 443 g/mol. The van der Waals surface area contributed by atoms with Crippen molar-refractivity contribution in [3.8, 4) is 0 Å². The first-order valence-corrected chi connectivity index (χ1v) is 11.3. The fraction of sp³-hybridized carbons (Fsp3) is 0.182. The molecule has 0 unspecified atom stereocenters. The molecule has 0 atom stereocenters. The van der Waals surface area contributed by atoms with E-state index in [0.717, 1.165) is 5.69 Å². The standard InChI is InChI=1S/C22H22ClN3O3S/c1-16-8-11-20(25-22(27)7-4-6-18-5-2-3-14-24-18)15-21(16)30(28,29)26-19-12-9-17(23)10-13-19/h2-3,5,8-15,26H,4,6-7H2,1H3,(H,25,27). The van der Waals surface area contributed by atoms with Gasteiger partial charge in [-0.1, -0.05) is 23.7 Å². The minimum absolute atomic E-state index is 0.101. The second-order valence-corrected chi connectivity index (χ2v) is 8.90. The van der Waals surface area contributed by atoms with Crippen LogP contribution >= 0.6 is 11.6 Å². The van der Waals surface area contributed by atoms with Crippen molar-refractivity contribution in [2.45, 2.75) is 31.1 Å². The number of rotatable bonds is 8. The Bertz CT molecular complexity index is 1120.